The van der Waals surface area contributed by atoms with E-state index in [0.717, 1.165) is 27.4 Å². The van der Waals surface area contributed by atoms with Crippen molar-refractivity contribution in [1.29, 1.82) is 0 Å². The highest BCUT2D eigenvalue weighted by Crippen LogP contribution is 2.31. The van der Waals surface area contributed by atoms with Gasteiger partial charge in [0.1, 0.15) is 12.6 Å². The van der Waals surface area contributed by atoms with Gasteiger partial charge in [0.05, 0.1) is 20.6 Å². The Balaban J connectivity index is 2.06. The number of nitrogens with one attached hydrogen (secondary N) is 1. The molecule has 3 aromatic rings. The molecule has 40 heavy (non-hydrogen) atoms. The molecule has 0 aromatic heterocycles. The summed E-state index contributed by atoms with van der Waals surface area (Å²) in [5.41, 5.74) is 2.86. The molecule has 0 spiro atoms. The van der Waals surface area contributed by atoms with Crippen molar-refractivity contribution >= 4 is 50.7 Å². The Morgan fingerprint density at radius 3 is 2.17 bits per heavy atom. The van der Waals surface area contributed by atoms with E-state index in [1.807, 2.05) is 52.0 Å². The van der Waals surface area contributed by atoms with Crippen molar-refractivity contribution in [2.75, 3.05) is 10.8 Å². The quantitative estimate of drug-likeness (QED) is 0.285. The topological polar surface area (TPSA) is 86.8 Å². The van der Waals surface area contributed by atoms with Gasteiger partial charge in [0.2, 0.25) is 11.8 Å². The Labute approximate surface area is 247 Å². The number of anilines is 1. The molecule has 0 saturated carbocycles. The Hall–Kier alpha value is -3.07. The lowest BCUT2D eigenvalue weighted by Gasteiger charge is -2.33. The summed E-state index contributed by atoms with van der Waals surface area (Å²) in [7, 11) is -4.20. The molecule has 10 heteroatoms. The van der Waals surface area contributed by atoms with E-state index in [4.69, 9.17) is 23.2 Å². The van der Waals surface area contributed by atoms with Crippen LogP contribution in [0.4, 0.5) is 5.69 Å². The zero-order valence-electron chi connectivity index (χ0n) is 23.3. The highest BCUT2D eigenvalue weighted by molar-refractivity contribution is 7.92. The largest absolute Gasteiger partial charge is 0.352 e. The molecule has 0 aliphatic rings. The molecule has 0 radical (unpaired) electrons. The lowest BCUT2D eigenvalue weighted by Crippen LogP contribution is -2.52. The fraction of sp³-hybridized carbons (Fsp3) is 0.333. The Morgan fingerprint density at radius 1 is 0.925 bits per heavy atom. The Kier molecular flexibility index (Phi) is 10.6. The van der Waals surface area contributed by atoms with Crippen LogP contribution in [0.1, 0.15) is 43.9 Å². The SMILES string of the molecule is CC[C@@H](C)NC(=O)[C@@H](C)N(Cc1ccccc1C)C(=O)CN(c1ccc(Cl)c(Cl)c1)S(=O)(=O)c1ccc(C)cc1. The van der Waals surface area contributed by atoms with Crippen LogP contribution in [0.5, 0.6) is 0 Å². The van der Waals surface area contributed by atoms with Crippen LogP contribution in [-0.4, -0.2) is 43.8 Å². The Bertz CT molecular complexity index is 1460. The van der Waals surface area contributed by atoms with E-state index < -0.39 is 28.5 Å². The lowest BCUT2D eigenvalue weighted by molar-refractivity contribution is -0.139. The van der Waals surface area contributed by atoms with Crippen molar-refractivity contribution in [3.63, 3.8) is 0 Å². The minimum Gasteiger partial charge on any atom is -0.352 e. The number of aryl methyl sites for hydroxylation is 2. The minimum atomic E-state index is -4.20. The van der Waals surface area contributed by atoms with Gasteiger partial charge in [0.15, 0.2) is 0 Å². The highest BCUT2D eigenvalue weighted by atomic mass is 35.5. The minimum absolute atomic E-state index is 0.0185. The van der Waals surface area contributed by atoms with E-state index in [9.17, 15) is 18.0 Å². The lowest BCUT2D eigenvalue weighted by atomic mass is 10.1. The normalized spacial score (nSPS) is 12.9. The van der Waals surface area contributed by atoms with Crippen LogP contribution in [0.25, 0.3) is 0 Å². The summed E-state index contributed by atoms with van der Waals surface area (Å²) in [6, 6.07) is 17.4. The van der Waals surface area contributed by atoms with E-state index in [2.05, 4.69) is 5.32 Å². The Morgan fingerprint density at radius 2 is 1.57 bits per heavy atom. The van der Waals surface area contributed by atoms with E-state index >= 15 is 0 Å². The monoisotopic (exact) mass is 603 g/mol. The number of hydrogen-bond donors (Lipinski definition) is 1. The van der Waals surface area contributed by atoms with Crippen molar-refractivity contribution in [3.8, 4) is 0 Å². The molecule has 0 fully saturated rings. The van der Waals surface area contributed by atoms with Crippen LogP contribution in [0.3, 0.4) is 0 Å². The summed E-state index contributed by atoms with van der Waals surface area (Å²) in [4.78, 5) is 28.6. The van der Waals surface area contributed by atoms with E-state index in [-0.39, 0.29) is 39.1 Å². The second-order valence-corrected chi connectivity index (χ2v) is 12.5. The first-order valence-electron chi connectivity index (χ1n) is 13.0. The van der Waals surface area contributed by atoms with Gasteiger partial charge >= 0.3 is 0 Å². The molecule has 0 bridgehead atoms. The molecule has 3 aromatic carbocycles. The van der Waals surface area contributed by atoms with Gasteiger partial charge in [0.25, 0.3) is 10.0 Å². The molecular weight excluding hydrogens is 569 g/mol. The van der Waals surface area contributed by atoms with Gasteiger partial charge < -0.3 is 10.2 Å². The van der Waals surface area contributed by atoms with Crippen LogP contribution < -0.4 is 9.62 Å². The van der Waals surface area contributed by atoms with Gasteiger partial charge in [-0.1, -0.05) is 72.1 Å². The van der Waals surface area contributed by atoms with Crippen molar-refractivity contribution in [3.05, 3.63) is 93.5 Å². The highest BCUT2D eigenvalue weighted by Gasteiger charge is 2.33. The van der Waals surface area contributed by atoms with Crippen molar-refractivity contribution in [2.45, 2.75) is 64.6 Å². The summed E-state index contributed by atoms with van der Waals surface area (Å²) < 4.78 is 28.8. The molecule has 7 nitrogen and oxygen atoms in total. The molecule has 0 aliphatic carbocycles. The molecule has 3 rings (SSSR count). The molecule has 0 unspecified atom stereocenters. The average molecular weight is 605 g/mol. The zero-order valence-corrected chi connectivity index (χ0v) is 25.6. The molecule has 2 atom stereocenters. The first kappa shape index (κ1) is 31.5. The van der Waals surface area contributed by atoms with Crippen molar-refractivity contribution in [1.82, 2.24) is 10.2 Å². The van der Waals surface area contributed by atoms with Crippen molar-refractivity contribution in [2.24, 2.45) is 0 Å². The third-order valence-electron chi connectivity index (χ3n) is 6.85. The van der Waals surface area contributed by atoms with Gasteiger partial charge in [0, 0.05) is 12.6 Å². The second-order valence-electron chi connectivity index (χ2n) is 9.87. The molecule has 0 aliphatic heterocycles. The summed E-state index contributed by atoms with van der Waals surface area (Å²) >= 11 is 12.4. The fourth-order valence-corrected chi connectivity index (χ4v) is 5.72. The standard InChI is InChI=1S/C30H35Cl2N3O4S/c1-6-22(4)33-30(37)23(5)34(18-24-10-8-7-9-21(24)3)29(36)19-35(25-13-16-27(31)28(32)17-25)40(38,39)26-14-11-20(2)12-15-26/h7-17,22-23H,6,18-19H2,1-5H3,(H,33,37)/t22-,23-/m1/s1. The zero-order chi connectivity index (χ0) is 29.6. The number of sulfonamides is 1. The van der Waals surface area contributed by atoms with E-state index in [1.165, 1.54) is 35.2 Å². The van der Waals surface area contributed by atoms with Crippen LogP contribution in [0.15, 0.2) is 71.6 Å². The summed E-state index contributed by atoms with van der Waals surface area (Å²) in [5.74, 6) is -0.865. The van der Waals surface area contributed by atoms with Gasteiger partial charge in [-0.05, 0) is 75.6 Å². The number of amides is 2. The van der Waals surface area contributed by atoms with Gasteiger partial charge in [-0.2, -0.15) is 0 Å². The number of carbonyl (C=O) groups is 2. The van der Waals surface area contributed by atoms with E-state index in [1.54, 1.807) is 19.1 Å². The maximum atomic E-state index is 14.0. The van der Waals surface area contributed by atoms with Crippen LogP contribution in [0.2, 0.25) is 10.0 Å². The molecule has 214 valence electrons. The molecule has 2 amide bonds. The van der Waals surface area contributed by atoms with Crippen molar-refractivity contribution < 1.29 is 18.0 Å². The van der Waals surface area contributed by atoms with Gasteiger partial charge in [-0.15, -0.1) is 0 Å². The maximum absolute atomic E-state index is 14.0. The first-order chi connectivity index (χ1) is 18.8. The van der Waals surface area contributed by atoms with Gasteiger partial charge in [-0.3, -0.25) is 13.9 Å². The third-order valence-corrected chi connectivity index (χ3v) is 9.38. The second kappa shape index (κ2) is 13.5. The van der Waals surface area contributed by atoms with Crippen LogP contribution in [0, 0.1) is 13.8 Å². The van der Waals surface area contributed by atoms with Crippen LogP contribution in [-0.2, 0) is 26.2 Å². The van der Waals surface area contributed by atoms with Crippen LogP contribution >= 0.6 is 23.2 Å². The molecular formula is C30H35Cl2N3O4S. The summed E-state index contributed by atoms with van der Waals surface area (Å²) in [5, 5.41) is 3.33. The fourth-order valence-electron chi connectivity index (χ4n) is 4.03. The number of rotatable bonds is 11. The number of carbonyl (C=O) groups excluding carboxylic acids is 2. The summed E-state index contributed by atoms with van der Waals surface area (Å²) in [6.07, 6.45) is 0.726. The first-order valence-corrected chi connectivity index (χ1v) is 15.2. The number of benzene rings is 3. The number of nitrogens with zero attached hydrogens (tertiary/aromatic N) is 2. The summed E-state index contributed by atoms with van der Waals surface area (Å²) in [6.45, 7) is 8.83. The third kappa shape index (κ3) is 7.56. The molecule has 1 N–H and O–H groups in total. The predicted octanol–water partition coefficient (Wildman–Crippen LogP) is 6.14. The number of hydrogen-bond acceptors (Lipinski definition) is 4. The number of halogens is 2. The van der Waals surface area contributed by atoms with E-state index in [0.29, 0.717) is 0 Å². The average Bonchev–Trinajstić information content (AvgIpc) is 2.92. The molecule has 0 heterocycles. The molecule has 0 saturated heterocycles. The maximum Gasteiger partial charge on any atom is 0.264 e. The predicted molar refractivity (Wildman–Crippen MR) is 161 cm³/mol. The smallest absolute Gasteiger partial charge is 0.264 e. The van der Waals surface area contributed by atoms with Gasteiger partial charge in [-0.25, -0.2) is 8.42 Å².